The monoisotopic (exact) mass is 273 g/mol. The third-order valence-corrected chi connectivity index (χ3v) is 3.74. The van der Waals surface area contributed by atoms with Crippen molar-refractivity contribution in [1.29, 1.82) is 0 Å². The molecular formula is C14H21Cl2N. The van der Waals surface area contributed by atoms with Crippen LogP contribution in [0, 0.1) is 11.3 Å². The van der Waals surface area contributed by atoms with Crippen LogP contribution in [-0.4, -0.2) is 13.6 Å². The smallest absolute Gasteiger partial charge is 0.0452 e. The predicted octanol–water partition coefficient (Wildman–Crippen LogP) is 4.42. The Labute approximate surface area is 115 Å². The summed E-state index contributed by atoms with van der Waals surface area (Å²) in [5.41, 5.74) is 1.43. The van der Waals surface area contributed by atoms with Gasteiger partial charge in [-0.3, -0.25) is 0 Å². The molecule has 0 aliphatic rings. The van der Waals surface area contributed by atoms with Crippen molar-refractivity contribution in [3.05, 3.63) is 33.8 Å². The van der Waals surface area contributed by atoms with E-state index >= 15 is 0 Å². The molecule has 1 nitrogen and oxygen atoms in total. The minimum atomic E-state index is 0.256. The van der Waals surface area contributed by atoms with Gasteiger partial charge in [-0.15, -0.1) is 0 Å². The molecular weight excluding hydrogens is 253 g/mol. The predicted molar refractivity (Wildman–Crippen MR) is 77.0 cm³/mol. The van der Waals surface area contributed by atoms with E-state index in [1.807, 2.05) is 25.2 Å². The number of hydrogen-bond donors (Lipinski definition) is 1. The first-order chi connectivity index (χ1) is 7.84. The summed E-state index contributed by atoms with van der Waals surface area (Å²) in [6.45, 7) is 7.78. The molecule has 1 unspecified atom stereocenters. The maximum Gasteiger partial charge on any atom is 0.0452 e. The second-order valence-electron chi connectivity index (χ2n) is 5.56. The van der Waals surface area contributed by atoms with Crippen LogP contribution in [0.4, 0.5) is 0 Å². The van der Waals surface area contributed by atoms with Crippen molar-refractivity contribution in [2.24, 2.45) is 11.3 Å². The molecule has 3 heteroatoms. The lowest BCUT2D eigenvalue weighted by Gasteiger charge is -2.31. The zero-order chi connectivity index (χ0) is 13.1. The second kappa shape index (κ2) is 6.08. The fourth-order valence-electron chi connectivity index (χ4n) is 1.88. The van der Waals surface area contributed by atoms with E-state index in [-0.39, 0.29) is 5.41 Å². The van der Waals surface area contributed by atoms with Gasteiger partial charge in [0.05, 0.1) is 0 Å². The van der Waals surface area contributed by atoms with E-state index in [2.05, 4.69) is 26.1 Å². The number of halogens is 2. The summed E-state index contributed by atoms with van der Waals surface area (Å²) in [7, 11) is 1.99. The van der Waals surface area contributed by atoms with Gasteiger partial charge in [0.1, 0.15) is 0 Å². The highest BCUT2D eigenvalue weighted by Crippen LogP contribution is 2.31. The molecule has 0 aliphatic carbocycles. The standard InChI is InChI=1S/C14H21Cl2N/c1-14(2,3)11(9-17-4)7-10-5-6-12(15)8-13(10)16/h5-6,8,11,17H,7,9H2,1-4H3. The van der Waals surface area contributed by atoms with Crippen LogP contribution in [0.1, 0.15) is 26.3 Å². The number of hydrogen-bond acceptors (Lipinski definition) is 1. The average Bonchev–Trinajstić information content (AvgIpc) is 2.19. The fraction of sp³-hybridized carbons (Fsp3) is 0.571. The lowest BCUT2D eigenvalue weighted by Crippen LogP contribution is -2.31. The van der Waals surface area contributed by atoms with E-state index in [1.165, 1.54) is 5.56 Å². The Morgan fingerprint density at radius 2 is 1.88 bits per heavy atom. The van der Waals surface area contributed by atoms with Crippen LogP contribution in [0.15, 0.2) is 18.2 Å². The maximum atomic E-state index is 6.22. The molecule has 1 rings (SSSR count). The van der Waals surface area contributed by atoms with Crippen LogP contribution >= 0.6 is 23.2 Å². The van der Waals surface area contributed by atoms with Crippen molar-refractivity contribution in [2.75, 3.05) is 13.6 Å². The number of nitrogens with one attached hydrogen (secondary N) is 1. The molecule has 17 heavy (non-hydrogen) atoms. The van der Waals surface area contributed by atoms with Crippen molar-refractivity contribution >= 4 is 23.2 Å². The zero-order valence-electron chi connectivity index (χ0n) is 11.0. The zero-order valence-corrected chi connectivity index (χ0v) is 12.5. The first-order valence-corrected chi connectivity index (χ1v) is 6.68. The molecule has 0 fully saturated rings. The largest absolute Gasteiger partial charge is 0.319 e. The molecule has 0 spiro atoms. The summed E-state index contributed by atoms with van der Waals surface area (Å²) >= 11 is 12.1. The lowest BCUT2D eigenvalue weighted by molar-refractivity contribution is 0.235. The van der Waals surface area contributed by atoms with E-state index in [1.54, 1.807) is 0 Å². The average molecular weight is 274 g/mol. The Kier molecular flexibility index (Phi) is 5.30. The molecule has 0 aliphatic heterocycles. The molecule has 0 aromatic heterocycles. The van der Waals surface area contributed by atoms with Gasteiger partial charge in [0, 0.05) is 10.0 Å². The van der Waals surface area contributed by atoms with Gasteiger partial charge >= 0.3 is 0 Å². The van der Waals surface area contributed by atoms with Crippen LogP contribution in [0.5, 0.6) is 0 Å². The summed E-state index contributed by atoms with van der Waals surface area (Å²) in [5, 5.41) is 4.72. The van der Waals surface area contributed by atoms with Crippen LogP contribution in [-0.2, 0) is 6.42 Å². The maximum absolute atomic E-state index is 6.22. The van der Waals surface area contributed by atoms with Gasteiger partial charge in [0.2, 0.25) is 0 Å². The van der Waals surface area contributed by atoms with Crippen molar-refractivity contribution in [3.8, 4) is 0 Å². The minimum Gasteiger partial charge on any atom is -0.319 e. The van der Waals surface area contributed by atoms with Gasteiger partial charge in [0.15, 0.2) is 0 Å². The summed E-state index contributed by atoms with van der Waals surface area (Å²) < 4.78 is 0. The summed E-state index contributed by atoms with van der Waals surface area (Å²) in [5.74, 6) is 0.547. The molecule has 0 radical (unpaired) electrons. The molecule has 0 heterocycles. The number of rotatable bonds is 4. The topological polar surface area (TPSA) is 12.0 Å². The first-order valence-electron chi connectivity index (χ1n) is 5.93. The molecule has 1 N–H and O–H groups in total. The highest BCUT2D eigenvalue weighted by atomic mass is 35.5. The summed E-state index contributed by atoms with van der Waals surface area (Å²) in [6, 6.07) is 5.75. The Morgan fingerprint density at radius 3 is 2.35 bits per heavy atom. The van der Waals surface area contributed by atoms with Gasteiger partial charge in [-0.25, -0.2) is 0 Å². The molecule has 1 aromatic rings. The van der Waals surface area contributed by atoms with Crippen molar-refractivity contribution < 1.29 is 0 Å². The minimum absolute atomic E-state index is 0.256. The highest BCUT2D eigenvalue weighted by molar-refractivity contribution is 6.35. The van der Waals surface area contributed by atoms with Crippen molar-refractivity contribution in [2.45, 2.75) is 27.2 Å². The highest BCUT2D eigenvalue weighted by Gasteiger charge is 2.24. The van der Waals surface area contributed by atoms with Crippen molar-refractivity contribution in [3.63, 3.8) is 0 Å². The van der Waals surface area contributed by atoms with Gasteiger partial charge in [-0.05, 0) is 49.0 Å². The molecule has 0 saturated carbocycles. The normalized spacial score (nSPS) is 13.8. The van der Waals surface area contributed by atoms with Gasteiger partial charge in [-0.1, -0.05) is 50.0 Å². The van der Waals surface area contributed by atoms with Crippen molar-refractivity contribution in [1.82, 2.24) is 5.32 Å². The third-order valence-electron chi connectivity index (χ3n) is 3.16. The van der Waals surface area contributed by atoms with E-state index < -0.39 is 0 Å². The SMILES string of the molecule is CNCC(Cc1ccc(Cl)cc1Cl)C(C)(C)C. The van der Waals surface area contributed by atoms with E-state index in [0.717, 1.165) is 18.0 Å². The lowest BCUT2D eigenvalue weighted by atomic mass is 9.77. The molecule has 96 valence electrons. The van der Waals surface area contributed by atoms with E-state index in [9.17, 15) is 0 Å². The van der Waals surface area contributed by atoms with Gasteiger partial charge < -0.3 is 5.32 Å². The van der Waals surface area contributed by atoms with Gasteiger partial charge in [0.25, 0.3) is 0 Å². The fourth-order valence-corrected chi connectivity index (χ4v) is 2.37. The molecule has 0 bridgehead atoms. The Balaban J connectivity index is 2.86. The molecule has 0 amide bonds. The molecule has 0 saturated heterocycles. The molecule has 1 aromatic carbocycles. The quantitative estimate of drug-likeness (QED) is 0.857. The summed E-state index contributed by atoms with van der Waals surface area (Å²) in [4.78, 5) is 0. The van der Waals surface area contributed by atoms with Crippen LogP contribution in [0.3, 0.4) is 0 Å². The van der Waals surface area contributed by atoms with Crippen LogP contribution in [0.25, 0.3) is 0 Å². The first kappa shape index (κ1) is 14.8. The Morgan fingerprint density at radius 1 is 1.24 bits per heavy atom. The van der Waals surface area contributed by atoms with Gasteiger partial charge in [-0.2, -0.15) is 0 Å². The second-order valence-corrected chi connectivity index (χ2v) is 6.40. The van der Waals surface area contributed by atoms with Crippen LogP contribution < -0.4 is 5.32 Å². The van der Waals surface area contributed by atoms with E-state index in [0.29, 0.717) is 10.9 Å². The Bertz CT molecular complexity index is 369. The number of benzene rings is 1. The van der Waals surface area contributed by atoms with Crippen LogP contribution in [0.2, 0.25) is 10.0 Å². The molecule has 1 atom stereocenters. The van der Waals surface area contributed by atoms with E-state index in [4.69, 9.17) is 23.2 Å². The summed E-state index contributed by atoms with van der Waals surface area (Å²) in [6.07, 6.45) is 0.973. The third kappa shape index (κ3) is 4.50. The Hall–Kier alpha value is -0.240.